The summed E-state index contributed by atoms with van der Waals surface area (Å²) in [5.41, 5.74) is 3.85. The maximum Gasteiger partial charge on any atom is 0.165 e. The zero-order chi connectivity index (χ0) is 16.1. The quantitative estimate of drug-likeness (QED) is 0.365. The van der Waals surface area contributed by atoms with Gasteiger partial charge in [-0.1, -0.05) is 0 Å². The van der Waals surface area contributed by atoms with E-state index in [1.54, 1.807) is 28.6 Å². The number of benzene rings is 2. The van der Waals surface area contributed by atoms with Gasteiger partial charge in [0, 0.05) is 16.7 Å². The summed E-state index contributed by atoms with van der Waals surface area (Å²) in [5, 5.41) is 40.7. The van der Waals surface area contributed by atoms with Crippen molar-refractivity contribution in [3.05, 3.63) is 28.3 Å². The lowest BCUT2D eigenvalue weighted by Gasteiger charge is -2.20. The summed E-state index contributed by atoms with van der Waals surface area (Å²) in [5.74, 6) is -0.449. The van der Waals surface area contributed by atoms with Crippen LogP contribution in [-0.4, -0.2) is 28.3 Å². The van der Waals surface area contributed by atoms with Crippen LogP contribution in [0.2, 0.25) is 0 Å². The molecule has 2 aromatic carbocycles. The van der Waals surface area contributed by atoms with E-state index in [9.17, 15) is 20.4 Å². The molecule has 0 spiro atoms. The van der Waals surface area contributed by atoms with Crippen LogP contribution in [0, 0.1) is 27.7 Å². The van der Waals surface area contributed by atoms with Crippen LogP contribution in [0.5, 0.6) is 23.0 Å². The predicted molar refractivity (Wildman–Crippen MR) is 85.7 cm³/mol. The maximum atomic E-state index is 10.5. The van der Waals surface area contributed by atoms with Crippen molar-refractivity contribution in [2.24, 2.45) is 0 Å². The van der Waals surface area contributed by atoms with E-state index in [0.717, 1.165) is 11.1 Å². The standard InChI is InChI=1S/C16H19BO4/c1-6-5-10(18)16(21)11(7(6)2)12-8(3)15(20)13(17)9(4)14(12)19/h5,18-21H,17H2,1-4H3. The van der Waals surface area contributed by atoms with Crippen LogP contribution in [0.25, 0.3) is 11.1 Å². The van der Waals surface area contributed by atoms with Gasteiger partial charge in [-0.3, -0.25) is 0 Å². The Morgan fingerprint density at radius 1 is 0.714 bits per heavy atom. The molecule has 5 heteroatoms. The molecule has 4 N–H and O–H groups in total. The lowest BCUT2D eigenvalue weighted by Crippen LogP contribution is -2.11. The first kappa shape index (κ1) is 15.1. The number of hydrogen-bond donors (Lipinski definition) is 4. The van der Waals surface area contributed by atoms with E-state index in [-0.39, 0.29) is 23.0 Å². The van der Waals surface area contributed by atoms with Gasteiger partial charge in [0.25, 0.3) is 0 Å². The van der Waals surface area contributed by atoms with Crippen molar-refractivity contribution in [2.75, 3.05) is 0 Å². The van der Waals surface area contributed by atoms with Crippen LogP contribution in [-0.2, 0) is 0 Å². The number of aryl methyl sites for hydroxylation is 1. The highest BCUT2D eigenvalue weighted by molar-refractivity contribution is 6.36. The summed E-state index contributed by atoms with van der Waals surface area (Å²) >= 11 is 0. The Kier molecular flexibility index (Phi) is 3.53. The van der Waals surface area contributed by atoms with Crippen LogP contribution in [0.1, 0.15) is 22.3 Å². The largest absolute Gasteiger partial charge is 0.508 e. The highest BCUT2D eigenvalue weighted by atomic mass is 16.3. The number of phenols is 4. The summed E-state index contributed by atoms with van der Waals surface area (Å²) in [7, 11) is 1.72. The number of hydrogen-bond acceptors (Lipinski definition) is 4. The second-order valence-electron chi connectivity index (χ2n) is 5.51. The highest BCUT2D eigenvalue weighted by Gasteiger charge is 2.23. The summed E-state index contributed by atoms with van der Waals surface area (Å²) in [6.45, 7) is 6.99. The maximum absolute atomic E-state index is 10.5. The van der Waals surface area contributed by atoms with Crippen molar-refractivity contribution in [3.8, 4) is 34.1 Å². The second kappa shape index (κ2) is 4.92. The predicted octanol–water partition coefficient (Wildman–Crippen LogP) is 1.67. The van der Waals surface area contributed by atoms with Gasteiger partial charge >= 0.3 is 0 Å². The highest BCUT2D eigenvalue weighted by Crippen LogP contribution is 2.47. The summed E-state index contributed by atoms with van der Waals surface area (Å²) < 4.78 is 0. The molecule has 0 heterocycles. The Morgan fingerprint density at radius 3 is 1.81 bits per heavy atom. The zero-order valence-electron chi connectivity index (χ0n) is 12.9. The molecule has 0 aromatic heterocycles. The van der Waals surface area contributed by atoms with Gasteiger partial charge in [0.15, 0.2) is 11.5 Å². The van der Waals surface area contributed by atoms with Crippen molar-refractivity contribution in [3.63, 3.8) is 0 Å². The van der Waals surface area contributed by atoms with Gasteiger partial charge in [-0.05, 0) is 55.9 Å². The van der Waals surface area contributed by atoms with E-state index in [1.165, 1.54) is 6.07 Å². The third-order valence-corrected chi connectivity index (χ3v) is 4.29. The first-order valence-electron chi connectivity index (χ1n) is 6.72. The van der Waals surface area contributed by atoms with Crippen molar-refractivity contribution >= 4 is 13.3 Å². The van der Waals surface area contributed by atoms with E-state index in [2.05, 4.69) is 0 Å². The molecule has 0 atom stereocenters. The monoisotopic (exact) mass is 286 g/mol. The van der Waals surface area contributed by atoms with E-state index >= 15 is 0 Å². The lowest BCUT2D eigenvalue weighted by atomic mass is 9.82. The molecule has 0 unspecified atom stereocenters. The number of phenolic OH excluding ortho intramolecular Hbond substituents is 4. The van der Waals surface area contributed by atoms with Gasteiger partial charge in [-0.25, -0.2) is 0 Å². The molecule has 0 saturated heterocycles. The molecule has 0 radical (unpaired) electrons. The van der Waals surface area contributed by atoms with Gasteiger partial charge in [0.05, 0.1) is 0 Å². The SMILES string of the molecule is Bc1c(C)c(O)c(-c2c(C)c(C)cc(O)c2O)c(C)c1O. The minimum Gasteiger partial charge on any atom is -0.508 e. The number of rotatable bonds is 1. The van der Waals surface area contributed by atoms with E-state index in [1.807, 2.05) is 6.92 Å². The molecular weight excluding hydrogens is 267 g/mol. The molecule has 0 bridgehead atoms. The van der Waals surface area contributed by atoms with Gasteiger partial charge in [0.1, 0.15) is 19.3 Å². The second-order valence-corrected chi connectivity index (χ2v) is 5.51. The van der Waals surface area contributed by atoms with Gasteiger partial charge in [0.2, 0.25) is 0 Å². The average Bonchev–Trinajstić information content (AvgIpc) is 2.44. The molecule has 2 aromatic rings. The van der Waals surface area contributed by atoms with Crippen molar-refractivity contribution in [2.45, 2.75) is 27.7 Å². The Hall–Kier alpha value is -2.30. The Balaban J connectivity index is 3.00. The molecule has 2 rings (SSSR count). The van der Waals surface area contributed by atoms with E-state index in [4.69, 9.17) is 0 Å². The Bertz CT molecular complexity index is 696. The van der Waals surface area contributed by atoms with Crippen molar-refractivity contribution in [1.82, 2.24) is 0 Å². The van der Waals surface area contributed by atoms with Gasteiger partial charge in [-0.15, -0.1) is 0 Å². The Labute approximate surface area is 124 Å². The molecule has 0 amide bonds. The van der Waals surface area contributed by atoms with Crippen LogP contribution in [0.3, 0.4) is 0 Å². The molecular formula is C16H19BO4. The fraction of sp³-hybridized carbons (Fsp3) is 0.250. The minimum atomic E-state index is -0.292. The third-order valence-electron chi connectivity index (χ3n) is 4.29. The molecule has 0 aliphatic rings. The van der Waals surface area contributed by atoms with Gasteiger partial charge < -0.3 is 20.4 Å². The summed E-state index contributed by atoms with van der Waals surface area (Å²) in [6.07, 6.45) is 0. The van der Waals surface area contributed by atoms with Crippen molar-refractivity contribution in [1.29, 1.82) is 0 Å². The van der Waals surface area contributed by atoms with Crippen LogP contribution in [0.4, 0.5) is 0 Å². The molecule has 0 aliphatic heterocycles. The molecule has 0 saturated carbocycles. The van der Waals surface area contributed by atoms with Crippen LogP contribution < -0.4 is 5.46 Å². The number of aromatic hydroxyl groups is 4. The summed E-state index contributed by atoms with van der Waals surface area (Å²) in [4.78, 5) is 0. The molecule has 0 aliphatic carbocycles. The summed E-state index contributed by atoms with van der Waals surface area (Å²) in [6, 6.07) is 1.47. The van der Waals surface area contributed by atoms with E-state index < -0.39 is 0 Å². The smallest absolute Gasteiger partial charge is 0.165 e. The zero-order valence-corrected chi connectivity index (χ0v) is 12.9. The normalized spacial score (nSPS) is 10.9. The fourth-order valence-corrected chi connectivity index (χ4v) is 2.62. The van der Waals surface area contributed by atoms with E-state index in [0.29, 0.717) is 27.7 Å². The molecule has 0 fully saturated rings. The molecule has 4 nitrogen and oxygen atoms in total. The molecule has 21 heavy (non-hydrogen) atoms. The lowest BCUT2D eigenvalue weighted by molar-refractivity contribution is 0.403. The fourth-order valence-electron chi connectivity index (χ4n) is 2.62. The average molecular weight is 286 g/mol. The molecule has 110 valence electrons. The van der Waals surface area contributed by atoms with Gasteiger partial charge in [-0.2, -0.15) is 0 Å². The van der Waals surface area contributed by atoms with Crippen molar-refractivity contribution < 1.29 is 20.4 Å². The van der Waals surface area contributed by atoms with Crippen LogP contribution in [0.15, 0.2) is 6.07 Å². The topological polar surface area (TPSA) is 80.9 Å². The first-order valence-corrected chi connectivity index (χ1v) is 6.72. The third kappa shape index (κ3) is 2.09. The Morgan fingerprint density at radius 2 is 1.24 bits per heavy atom. The van der Waals surface area contributed by atoms with Crippen LogP contribution >= 0.6 is 0 Å². The first-order chi connectivity index (χ1) is 9.68. The minimum absolute atomic E-state index is 0.00574.